The van der Waals surface area contributed by atoms with E-state index in [9.17, 15) is 4.79 Å². The maximum atomic E-state index is 11.9. The lowest BCUT2D eigenvalue weighted by atomic mass is 10.0. The molecule has 0 saturated heterocycles. The summed E-state index contributed by atoms with van der Waals surface area (Å²) in [5.41, 5.74) is 0.923. The minimum Gasteiger partial charge on any atom is -0.454 e. The molecule has 2 rings (SSSR count). The number of ether oxygens (including phenoxy) is 2. The third-order valence-corrected chi connectivity index (χ3v) is 3.63. The third-order valence-electron chi connectivity index (χ3n) is 3.63. The first-order valence-corrected chi connectivity index (χ1v) is 7.93. The van der Waals surface area contributed by atoms with Crippen LogP contribution in [0, 0.1) is 5.92 Å². The van der Waals surface area contributed by atoms with E-state index in [0.717, 1.165) is 29.9 Å². The van der Waals surface area contributed by atoms with Crippen molar-refractivity contribution in [1.82, 2.24) is 5.32 Å². The zero-order valence-corrected chi connectivity index (χ0v) is 13.6. The minimum absolute atomic E-state index is 0.0605. The molecule has 1 aliphatic rings. The molecular weight excluding hydrogens is 278 g/mol. The van der Waals surface area contributed by atoms with E-state index in [4.69, 9.17) is 9.47 Å². The van der Waals surface area contributed by atoms with Crippen molar-refractivity contribution in [2.75, 3.05) is 6.79 Å². The molecular formula is C18H25NO3. The van der Waals surface area contributed by atoms with Gasteiger partial charge in [-0.15, -0.1) is 0 Å². The number of rotatable bonds is 7. The standard InChI is InChI=1S/C18H25NO3/c1-13(2)5-4-6-14(3)19-18(20)10-8-15-7-9-16-17(11-15)22-12-21-16/h7-11,13-14H,4-6,12H2,1-3H3,(H,19,20)/b10-8+/t14-/m0/s1. The summed E-state index contributed by atoms with van der Waals surface area (Å²) in [6.07, 6.45) is 6.72. The van der Waals surface area contributed by atoms with Crippen molar-refractivity contribution >= 4 is 12.0 Å². The smallest absolute Gasteiger partial charge is 0.244 e. The largest absolute Gasteiger partial charge is 0.454 e. The lowest BCUT2D eigenvalue weighted by molar-refractivity contribution is -0.117. The first-order chi connectivity index (χ1) is 10.5. The van der Waals surface area contributed by atoms with Crippen LogP contribution in [0.2, 0.25) is 0 Å². The number of hydrogen-bond acceptors (Lipinski definition) is 3. The molecule has 0 spiro atoms. The van der Waals surface area contributed by atoms with Gasteiger partial charge in [0.05, 0.1) is 0 Å². The van der Waals surface area contributed by atoms with Gasteiger partial charge >= 0.3 is 0 Å². The van der Waals surface area contributed by atoms with Crippen molar-refractivity contribution in [3.63, 3.8) is 0 Å². The number of amides is 1. The molecule has 1 heterocycles. The number of hydrogen-bond donors (Lipinski definition) is 1. The molecule has 0 bridgehead atoms. The highest BCUT2D eigenvalue weighted by atomic mass is 16.7. The summed E-state index contributed by atoms with van der Waals surface area (Å²) in [7, 11) is 0. The van der Waals surface area contributed by atoms with Gasteiger partial charge in [-0.05, 0) is 43.0 Å². The average Bonchev–Trinajstić information content (AvgIpc) is 2.92. The third kappa shape index (κ3) is 5.10. The van der Waals surface area contributed by atoms with Gasteiger partial charge in [0.2, 0.25) is 12.7 Å². The van der Waals surface area contributed by atoms with Crippen molar-refractivity contribution in [3.05, 3.63) is 29.8 Å². The van der Waals surface area contributed by atoms with E-state index in [0.29, 0.717) is 5.92 Å². The molecule has 4 nitrogen and oxygen atoms in total. The Morgan fingerprint density at radius 2 is 2.00 bits per heavy atom. The predicted molar refractivity (Wildman–Crippen MR) is 87.9 cm³/mol. The number of benzene rings is 1. The Bertz CT molecular complexity index is 537. The van der Waals surface area contributed by atoms with Gasteiger partial charge in [-0.3, -0.25) is 4.79 Å². The fraction of sp³-hybridized carbons (Fsp3) is 0.500. The maximum Gasteiger partial charge on any atom is 0.244 e. The Balaban J connectivity index is 1.78. The van der Waals surface area contributed by atoms with Gasteiger partial charge in [0, 0.05) is 12.1 Å². The van der Waals surface area contributed by atoms with E-state index in [2.05, 4.69) is 19.2 Å². The van der Waals surface area contributed by atoms with E-state index in [-0.39, 0.29) is 18.7 Å². The summed E-state index contributed by atoms with van der Waals surface area (Å²) in [6, 6.07) is 5.84. The van der Waals surface area contributed by atoms with Gasteiger partial charge in [0.25, 0.3) is 0 Å². The second-order valence-electron chi connectivity index (χ2n) is 6.18. The van der Waals surface area contributed by atoms with Crippen LogP contribution in [0.25, 0.3) is 6.08 Å². The van der Waals surface area contributed by atoms with E-state index in [1.165, 1.54) is 6.42 Å². The van der Waals surface area contributed by atoms with Gasteiger partial charge in [-0.25, -0.2) is 0 Å². The van der Waals surface area contributed by atoms with E-state index < -0.39 is 0 Å². The first-order valence-electron chi connectivity index (χ1n) is 7.93. The second-order valence-corrected chi connectivity index (χ2v) is 6.18. The highest BCUT2D eigenvalue weighted by molar-refractivity contribution is 5.92. The average molecular weight is 303 g/mol. The monoisotopic (exact) mass is 303 g/mol. The van der Waals surface area contributed by atoms with Crippen LogP contribution in [0.15, 0.2) is 24.3 Å². The van der Waals surface area contributed by atoms with Crippen molar-refractivity contribution in [2.24, 2.45) is 5.92 Å². The molecule has 1 atom stereocenters. The van der Waals surface area contributed by atoms with Crippen LogP contribution in [0.1, 0.15) is 45.6 Å². The molecule has 1 aromatic rings. The zero-order valence-electron chi connectivity index (χ0n) is 13.6. The molecule has 0 aliphatic carbocycles. The topological polar surface area (TPSA) is 47.6 Å². The summed E-state index contributed by atoms with van der Waals surface area (Å²) in [6.45, 7) is 6.75. The summed E-state index contributed by atoms with van der Waals surface area (Å²) in [4.78, 5) is 11.9. The zero-order chi connectivity index (χ0) is 15.9. The predicted octanol–water partition coefficient (Wildman–Crippen LogP) is 3.76. The van der Waals surface area contributed by atoms with Gasteiger partial charge in [-0.2, -0.15) is 0 Å². The highest BCUT2D eigenvalue weighted by Crippen LogP contribution is 2.32. The first kappa shape index (κ1) is 16.4. The maximum absolute atomic E-state index is 11.9. The molecule has 1 amide bonds. The molecule has 22 heavy (non-hydrogen) atoms. The Morgan fingerprint density at radius 3 is 2.77 bits per heavy atom. The number of fused-ring (bicyclic) bond motifs is 1. The molecule has 0 aromatic heterocycles. The summed E-state index contributed by atoms with van der Waals surface area (Å²) < 4.78 is 10.6. The Labute approximate surface area is 132 Å². The second kappa shape index (κ2) is 7.87. The normalized spacial score (nSPS) is 14.5. The molecule has 4 heteroatoms. The molecule has 0 radical (unpaired) electrons. The number of carbonyl (C=O) groups is 1. The van der Waals surface area contributed by atoms with Crippen LogP contribution < -0.4 is 14.8 Å². The Hall–Kier alpha value is -1.97. The summed E-state index contributed by atoms with van der Waals surface area (Å²) in [5, 5.41) is 2.99. The van der Waals surface area contributed by atoms with E-state index in [1.807, 2.05) is 25.1 Å². The van der Waals surface area contributed by atoms with Crippen LogP contribution in [-0.2, 0) is 4.79 Å². The Morgan fingerprint density at radius 1 is 1.23 bits per heavy atom. The van der Waals surface area contributed by atoms with Crippen molar-refractivity contribution in [3.8, 4) is 11.5 Å². The molecule has 0 saturated carbocycles. The van der Waals surface area contributed by atoms with Crippen molar-refractivity contribution in [1.29, 1.82) is 0 Å². The molecule has 120 valence electrons. The van der Waals surface area contributed by atoms with Gasteiger partial charge in [-0.1, -0.05) is 32.8 Å². The highest BCUT2D eigenvalue weighted by Gasteiger charge is 2.12. The van der Waals surface area contributed by atoms with E-state index in [1.54, 1.807) is 12.2 Å². The summed E-state index contributed by atoms with van der Waals surface area (Å²) in [5.74, 6) is 2.13. The van der Waals surface area contributed by atoms with Crippen LogP contribution in [-0.4, -0.2) is 18.7 Å². The molecule has 1 N–H and O–H groups in total. The number of nitrogens with one attached hydrogen (secondary N) is 1. The van der Waals surface area contributed by atoms with Crippen LogP contribution in [0.3, 0.4) is 0 Å². The minimum atomic E-state index is -0.0605. The lowest BCUT2D eigenvalue weighted by Gasteiger charge is -2.13. The Kier molecular flexibility index (Phi) is 5.87. The SMILES string of the molecule is CC(C)CCC[C@H](C)NC(=O)/C=C/c1ccc2c(c1)OCO2. The summed E-state index contributed by atoms with van der Waals surface area (Å²) >= 11 is 0. The lowest BCUT2D eigenvalue weighted by Crippen LogP contribution is -2.31. The quantitative estimate of drug-likeness (QED) is 0.780. The van der Waals surface area contributed by atoms with E-state index >= 15 is 0 Å². The van der Waals surface area contributed by atoms with Crippen molar-refractivity contribution < 1.29 is 14.3 Å². The molecule has 0 unspecified atom stereocenters. The van der Waals surface area contributed by atoms with Crippen LogP contribution in [0.4, 0.5) is 0 Å². The fourth-order valence-electron chi connectivity index (χ4n) is 2.38. The van der Waals surface area contributed by atoms with Gasteiger partial charge < -0.3 is 14.8 Å². The number of carbonyl (C=O) groups excluding carboxylic acids is 1. The van der Waals surface area contributed by atoms with Gasteiger partial charge in [0.15, 0.2) is 11.5 Å². The molecule has 1 aliphatic heterocycles. The molecule has 0 fully saturated rings. The van der Waals surface area contributed by atoms with Crippen LogP contribution >= 0.6 is 0 Å². The fourth-order valence-corrected chi connectivity index (χ4v) is 2.38. The van der Waals surface area contributed by atoms with Crippen molar-refractivity contribution in [2.45, 2.75) is 46.1 Å². The van der Waals surface area contributed by atoms with Gasteiger partial charge in [0.1, 0.15) is 0 Å². The van der Waals surface area contributed by atoms with Crippen LogP contribution in [0.5, 0.6) is 11.5 Å². The molecule has 1 aromatic carbocycles.